The fraction of sp³-hybridized carbons (Fsp3) is 0.241. The maximum Gasteiger partial charge on any atom is 0.139 e. The number of anilines is 1. The van der Waals surface area contributed by atoms with Gasteiger partial charge in [-0.2, -0.15) is 0 Å². The highest BCUT2D eigenvalue weighted by Gasteiger charge is 2.19. The zero-order chi connectivity index (χ0) is 24.3. The SMILES string of the molecule is Cc1cccc(-c2nnn(Cc3ccccc3)c2-c2ccc3ncc(N4CCCNCC4)cc3c2)n1. The monoisotopic (exact) mass is 475 g/mol. The smallest absolute Gasteiger partial charge is 0.139 e. The Kier molecular flexibility index (Phi) is 6.13. The van der Waals surface area contributed by atoms with E-state index in [9.17, 15) is 0 Å². The average Bonchev–Trinajstić information content (AvgIpc) is 3.13. The van der Waals surface area contributed by atoms with E-state index in [1.54, 1.807) is 0 Å². The molecular weight excluding hydrogens is 446 g/mol. The predicted molar refractivity (Wildman–Crippen MR) is 144 cm³/mol. The van der Waals surface area contributed by atoms with Gasteiger partial charge in [0, 0.05) is 36.3 Å². The van der Waals surface area contributed by atoms with Crippen molar-refractivity contribution in [3.8, 4) is 22.6 Å². The minimum atomic E-state index is 0.631. The Morgan fingerprint density at radius 1 is 0.917 bits per heavy atom. The molecule has 0 radical (unpaired) electrons. The van der Waals surface area contributed by atoms with Crippen LogP contribution in [-0.4, -0.2) is 51.1 Å². The molecule has 1 saturated heterocycles. The number of hydrogen-bond donors (Lipinski definition) is 1. The van der Waals surface area contributed by atoms with E-state index in [2.05, 4.69) is 69.1 Å². The molecule has 0 spiro atoms. The Labute approximate surface area is 210 Å². The van der Waals surface area contributed by atoms with E-state index in [4.69, 9.17) is 9.97 Å². The van der Waals surface area contributed by atoms with Crippen molar-refractivity contribution in [1.29, 1.82) is 0 Å². The summed E-state index contributed by atoms with van der Waals surface area (Å²) in [5.41, 5.74) is 7.90. The highest BCUT2D eigenvalue weighted by Crippen LogP contribution is 2.32. The fourth-order valence-electron chi connectivity index (χ4n) is 4.86. The van der Waals surface area contributed by atoms with Gasteiger partial charge in [-0.15, -0.1) is 5.10 Å². The van der Waals surface area contributed by atoms with Gasteiger partial charge in [-0.25, -0.2) is 4.68 Å². The van der Waals surface area contributed by atoms with Crippen LogP contribution in [0.2, 0.25) is 0 Å². The molecule has 36 heavy (non-hydrogen) atoms. The molecule has 180 valence electrons. The van der Waals surface area contributed by atoms with E-state index in [0.29, 0.717) is 6.54 Å². The van der Waals surface area contributed by atoms with Gasteiger partial charge in [0.1, 0.15) is 5.69 Å². The number of benzene rings is 2. The summed E-state index contributed by atoms with van der Waals surface area (Å²) in [6.07, 6.45) is 3.13. The number of nitrogens with zero attached hydrogens (tertiary/aromatic N) is 6. The first kappa shape index (κ1) is 22.4. The van der Waals surface area contributed by atoms with E-state index in [-0.39, 0.29) is 0 Å². The van der Waals surface area contributed by atoms with Crippen LogP contribution in [0.3, 0.4) is 0 Å². The minimum Gasteiger partial charge on any atom is -0.369 e. The lowest BCUT2D eigenvalue weighted by Crippen LogP contribution is -2.27. The molecule has 1 N–H and O–H groups in total. The van der Waals surface area contributed by atoms with Crippen LogP contribution in [0.15, 0.2) is 79.0 Å². The number of aromatic nitrogens is 5. The van der Waals surface area contributed by atoms with Gasteiger partial charge < -0.3 is 10.2 Å². The molecule has 0 bridgehead atoms. The quantitative estimate of drug-likeness (QED) is 0.397. The van der Waals surface area contributed by atoms with Crippen LogP contribution < -0.4 is 10.2 Å². The van der Waals surface area contributed by atoms with Gasteiger partial charge in [0.25, 0.3) is 0 Å². The largest absolute Gasteiger partial charge is 0.369 e. The number of aryl methyl sites for hydroxylation is 1. The van der Waals surface area contributed by atoms with Gasteiger partial charge in [0.2, 0.25) is 0 Å². The topological polar surface area (TPSA) is 71.8 Å². The highest BCUT2D eigenvalue weighted by atomic mass is 15.4. The number of nitrogens with one attached hydrogen (secondary N) is 1. The summed E-state index contributed by atoms with van der Waals surface area (Å²) in [6.45, 7) is 6.72. The van der Waals surface area contributed by atoms with Gasteiger partial charge in [-0.1, -0.05) is 47.7 Å². The molecule has 4 heterocycles. The lowest BCUT2D eigenvalue weighted by atomic mass is 10.0. The van der Waals surface area contributed by atoms with Crippen LogP contribution in [-0.2, 0) is 6.54 Å². The molecule has 7 heteroatoms. The minimum absolute atomic E-state index is 0.631. The van der Waals surface area contributed by atoms with Gasteiger partial charge in [0.05, 0.1) is 35.3 Å². The van der Waals surface area contributed by atoms with E-state index >= 15 is 0 Å². The molecule has 1 aliphatic heterocycles. The van der Waals surface area contributed by atoms with Crippen LogP contribution >= 0.6 is 0 Å². The van der Waals surface area contributed by atoms with Gasteiger partial charge in [-0.3, -0.25) is 9.97 Å². The number of pyridine rings is 2. The Bertz CT molecular complexity index is 1480. The Morgan fingerprint density at radius 2 is 1.83 bits per heavy atom. The molecule has 6 rings (SSSR count). The molecule has 1 fully saturated rings. The summed E-state index contributed by atoms with van der Waals surface area (Å²) in [5.74, 6) is 0. The Morgan fingerprint density at radius 3 is 2.72 bits per heavy atom. The van der Waals surface area contributed by atoms with E-state index in [1.165, 1.54) is 11.3 Å². The maximum absolute atomic E-state index is 4.78. The van der Waals surface area contributed by atoms with Crippen molar-refractivity contribution in [1.82, 2.24) is 30.3 Å². The van der Waals surface area contributed by atoms with Crippen molar-refractivity contribution in [2.45, 2.75) is 19.9 Å². The first-order valence-corrected chi connectivity index (χ1v) is 12.5. The average molecular weight is 476 g/mol. The normalized spacial score (nSPS) is 14.2. The summed E-state index contributed by atoms with van der Waals surface area (Å²) in [7, 11) is 0. The lowest BCUT2D eigenvalue weighted by molar-refractivity contribution is 0.656. The number of fused-ring (bicyclic) bond motifs is 1. The second kappa shape index (κ2) is 9.87. The summed E-state index contributed by atoms with van der Waals surface area (Å²) < 4.78 is 1.98. The second-order valence-corrected chi connectivity index (χ2v) is 9.29. The molecule has 2 aromatic carbocycles. The zero-order valence-corrected chi connectivity index (χ0v) is 20.4. The van der Waals surface area contributed by atoms with Crippen LogP contribution in [0.25, 0.3) is 33.5 Å². The molecule has 7 nitrogen and oxygen atoms in total. The fourth-order valence-corrected chi connectivity index (χ4v) is 4.86. The Balaban J connectivity index is 1.46. The molecule has 0 atom stereocenters. The van der Waals surface area contributed by atoms with Crippen molar-refractivity contribution < 1.29 is 0 Å². The molecule has 3 aromatic heterocycles. The van der Waals surface area contributed by atoms with Crippen molar-refractivity contribution in [2.75, 3.05) is 31.1 Å². The molecule has 0 unspecified atom stereocenters. The van der Waals surface area contributed by atoms with Crippen molar-refractivity contribution >= 4 is 16.6 Å². The van der Waals surface area contributed by atoms with Crippen molar-refractivity contribution in [3.63, 3.8) is 0 Å². The van der Waals surface area contributed by atoms with Crippen LogP contribution in [0.4, 0.5) is 5.69 Å². The van der Waals surface area contributed by atoms with Crippen LogP contribution in [0, 0.1) is 6.92 Å². The van der Waals surface area contributed by atoms with Crippen molar-refractivity contribution in [3.05, 3.63) is 90.3 Å². The van der Waals surface area contributed by atoms with E-state index < -0.39 is 0 Å². The third-order valence-corrected chi connectivity index (χ3v) is 6.69. The van der Waals surface area contributed by atoms with Crippen LogP contribution in [0.5, 0.6) is 0 Å². The predicted octanol–water partition coefficient (Wildman–Crippen LogP) is 4.71. The van der Waals surface area contributed by atoms with Gasteiger partial charge in [-0.05, 0) is 55.8 Å². The maximum atomic E-state index is 4.78. The molecular formula is C29H29N7. The highest BCUT2D eigenvalue weighted by molar-refractivity contribution is 5.88. The molecule has 5 aromatic rings. The first-order chi connectivity index (χ1) is 17.7. The number of hydrogen-bond acceptors (Lipinski definition) is 6. The third-order valence-electron chi connectivity index (χ3n) is 6.69. The van der Waals surface area contributed by atoms with E-state index in [0.717, 1.165) is 71.8 Å². The van der Waals surface area contributed by atoms with Gasteiger partial charge in [0.15, 0.2) is 0 Å². The molecule has 0 amide bonds. The molecule has 1 aliphatic rings. The van der Waals surface area contributed by atoms with Crippen LogP contribution in [0.1, 0.15) is 17.7 Å². The first-order valence-electron chi connectivity index (χ1n) is 12.5. The van der Waals surface area contributed by atoms with Crippen molar-refractivity contribution in [2.24, 2.45) is 0 Å². The third kappa shape index (κ3) is 4.57. The second-order valence-electron chi connectivity index (χ2n) is 9.29. The summed E-state index contributed by atoms with van der Waals surface area (Å²) in [4.78, 5) is 12.0. The summed E-state index contributed by atoms with van der Waals surface area (Å²) >= 11 is 0. The summed E-state index contributed by atoms with van der Waals surface area (Å²) in [5, 5.41) is 13.8. The molecule has 0 saturated carbocycles. The zero-order valence-electron chi connectivity index (χ0n) is 20.4. The van der Waals surface area contributed by atoms with Gasteiger partial charge >= 0.3 is 0 Å². The molecule has 0 aliphatic carbocycles. The lowest BCUT2D eigenvalue weighted by Gasteiger charge is -2.22. The summed E-state index contributed by atoms with van der Waals surface area (Å²) in [6, 6.07) is 25.1. The standard InChI is InChI=1S/C29H29N7/c1-21-7-5-10-27(32-21)28-29(36(34-33-28)20-22-8-3-2-4-9-22)23-11-12-26-24(17-23)18-25(19-31-26)35-15-6-13-30-14-16-35/h2-5,7-12,17-19,30H,6,13-16,20H2,1H3. The van der Waals surface area contributed by atoms with E-state index in [1.807, 2.05) is 42.1 Å². The Hall–Kier alpha value is -4.10. The number of rotatable bonds is 5.